The Hall–Kier alpha value is -2.85. The number of nitrogen functional groups attached to an aromatic ring is 1. The van der Waals surface area contributed by atoms with Gasteiger partial charge >= 0.3 is 0 Å². The van der Waals surface area contributed by atoms with E-state index in [0.717, 1.165) is 54.4 Å². The van der Waals surface area contributed by atoms with Crippen LogP contribution >= 0.6 is 0 Å². The third-order valence-corrected chi connectivity index (χ3v) is 5.59. The lowest BCUT2D eigenvalue weighted by atomic mass is 9.93. The van der Waals surface area contributed by atoms with Gasteiger partial charge in [0, 0.05) is 5.56 Å². The Morgan fingerprint density at radius 2 is 1.79 bits per heavy atom. The Balaban J connectivity index is 1.64. The molecule has 0 saturated carbocycles. The van der Waals surface area contributed by atoms with Gasteiger partial charge in [0.1, 0.15) is 17.7 Å². The Morgan fingerprint density at radius 3 is 2.54 bits per heavy atom. The average molecular weight is 374 g/mol. The highest BCUT2D eigenvalue weighted by atomic mass is 16.5. The number of rotatable bonds is 5. The van der Waals surface area contributed by atoms with Crippen molar-refractivity contribution in [3.8, 4) is 5.75 Å². The van der Waals surface area contributed by atoms with Gasteiger partial charge in [0.15, 0.2) is 0 Å². The summed E-state index contributed by atoms with van der Waals surface area (Å²) in [5.74, 6) is 1.06. The van der Waals surface area contributed by atoms with Gasteiger partial charge in [-0.1, -0.05) is 42.5 Å². The van der Waals surface area contributed by atoms with Gasteiger partial charge < -0.3 is 15.8 Å². The number of amidine groups is 1. The van der Waals surface area contributed by atoms with Crippen LogP contribution in [-0.4, -0.2) is 25.0 Å². The number of hydrogen-bond donors (Lipinski definition) is 3. The lowest BCUT2D eigenvalue weighted by molar-refractivity contribution is 0.162. The van der Waals surface area contributed by atoms with Crippen molar-refractivity contribution in [1.29, 1.82) is 5.41 Å². The number of aryl methyl sites for hydroxylation is 1. The second kappa shape index (κ2) is 8.03. The van der Waals surface area contributed by atoms with Crippen LogP contribution in [0.3, 0.4) is 0 Å². The number of benzene rings is 3. The molecule has 0 unspecified atom stereocenters. The molecule has 0 aliphatic carbocycles. The molecule has 0 spiro atoms. The maximum Gasteiger partial charge on any atom is 0.123 e. The minimum atomic E-state index is 0.108. The molecule has 0 bridgehead atoms. The Labute approximate surface area is 166 Å². The van der Waals surface area contributed by atoms with E-state index in [9.17, 15) is 0 Å². The number of hydrogen-bond acceptors (Lipinski definition) is 3. The summed E-state index contributed by atoms with van der Waals surface area (Å²) in [6.07, 6.45) is 3.24. The van der Waals surface area contributed by atoms with Gasteiger partial charge in [-0.25, -0.2) is 0 Å². The summed E-state index contributed by atoms with van der Waals surface area (Å²) in [5, 5.41) is 13.4. The number of ether oxygens (including phenoxy) is 1. The second-order valence-corrected chi connectivity index (χ2v) is 7.56. The van der Waals surface area contributed by atoms with Gasteiger partial charge in [-0.2, -0.15) is 0 Å². The van der Waals surface area contributed by atoms with E-state index in [1.165, 1.54) is 16.7 Å². The minimum Gasteiger partial charge on any atom is -0.490 e. The molecule has 1 saturated heterocycles. The molecule has 1 aliphatic heterocycles. The molecule has 1 aliphatic rings. The number of piperidine rings is 1. The van der Waals surface area contributed by atoms with Crippen molar-refractivity contribution >= 4 is 16.6 Å². The topological polar surface area (TPSA) is 71.1 Å². The van der Waals surface area contributed by atoms with E-state index in [2.05, 4.69) is 42.6 Å². The van der Waals surface area contributed by atoms with Crippen LogP contribution in [-0.2, 0) is 6.42 Å². The molecule has 3 aromatic carbocycles. The first-order chi connectivity index (χ1) is 13.6. The van der Waals surface area contributed by atoms with E-state index in [-0.39, 0.29) is 5.84 Å². The molecule has 0 amide bonds. The van der Waals surface area contributed by atoms with E-state index in [1.807, 2.05) is 24.3 Å². The zero-order valence-corrected chi connectivity index (χ0v) is 16.3. The Kier molecular flexibility index (Phi) is 5.31. The van der Waals surface area contributed by atoms with E-state index in [1.54, 1.807) is 0 Å². The predicted molar refractivity (Wildman–Crippen MR) is 115 cm³/mol. The van der Waals surface area contributed by atoms with Gasteiger partial charge in [0.25, 0.3) is 0 Å². The van der Waals surface area contributed by atoms with Crippen LogP contribution in [0.1, 0.15) is 35.1 Å². The summed E-state index contributed by atoms with van der Waals surface area (Å²) in [6.45, 7) is 4.20. The van der Waals surface area contributed by atoms with E-state index < -0.39 is 0 Å². The normalized spacial score (nSPS) is 14.9. The molecule has 3 aromatic rings. The van der Waals surface area contributed by atoms with Gasteiger partial charge in [-0.3, -0.25) is 5.41 Å². The summed E-state index contributed by atoms with van der Waals surface area (Å²) < 4.78 is 6.24. The first-order valence-electron chi connectivity index (χ1n) is 9.94. The van der Waals surface area contributed by atoms with Crippen molar-refractivity contribution in [3.05, 3.63) is 76.9 Å². The average Bonchev–Trinajstić information content (AvgIpc) is 2.71. The van der Waals surface area contributed by atoms with Crippen LogP contribution in [0.25, 0.3) is 10.8 Å². The fourth-order valence-electron chi connectivity index (χ4n) is 3.97. The summed E-state index contributed by atoms with van der Waals surface area (Å²) in [5.41, 5.74) is 10.3. The number of nitrogens with two attached hydrogens (primary N) is 1. The van der Waals surface area contributed by atoms with E-state index >= 15 is 0 Å². The van der Waals surface area contributed by atoms with Crippen molar-refractivity contribution in [2.24, 2.45) is 5.73 Å². The highest BCUT2D eigenvalue weighted by molar-refractivity contribution is 6.08. The molecule has 4 N–H and O–H groups in total. The quantitative estimate of drug-likeness (QED) is 0.465. The fraction of sp³-hybridized carbons (Fsp3) is 0.292. The first kappa shape index (κ1) is 18.5. The van der Waals surface area contributed by atoms with Crippen LogP contribution in [0.5, 0.6) is 5.75 Å². The molecular formula is C24H27N3O. The molecule has 1 heterocycles. The summed E-state index contributed by atoms with van der Waals surface area (Å²) in [7, 11) is 0. The Bertz CT molecular complexity index is 1010. The summed E-state index contributed by atoms with van der Waals surface area (Å²) in [6, 6.07) is 18.7. The predicted octanol–water partition coefficient (Wildman–Crippen LogP) is 4.15. The van der Waals surface area contributed by atoms with Crippen LogP contribution in [0.2, 0.25) is 0 Å². The van der Waals surface area contributed by atoms with Gasteiger partial charge in [-0.15, -0.1) is 0 Å². The molecule has 4 nitrogen and oxygen atoms in total. The van der Waals surface area contributed by atoms with E-state index in [4.69, 9.17) is 15.9 Å². The standard InChI is InChI=1S/C24H27N3O/c1-16-6-8-20(28-19-10-12-27-13-11-19)15-18(16)14-17-7-9-23(24(25)26)22-5-3-2-4-21(17)22/h2-9,15,19,27H,10-14H2,1H3,(H3,25,26). The van der Waals surface area contributed by atoms with Crippen LogP contribution in [0.15, 0.2) is 54.6 Å². The molecule has 0 radical (unpaired) electrons. The maximum absolute atomic E-state index is 7.85. The molecular weight excluding hydrogens is 346 g/mol. The fourth-order valence-corrected chi connectivity index (χ4v) is 3.97. The number of fused-ring (bicyclic) bond motifs is 1. The minimum absolute atomic E-state index is 0.108. The van der Waals surface area contributed by atoms with Gasteiger partial charge in [0.2, 0.25) is 0 Å². The third kappa shape index (κ3) is 3.87. The molecule has 4 rings (SSSR count). The summed E-state index contributed by atoms with van der Waals surface area (Å²) in [4.78, 5) is 0. The van der Waals surface area contributed by atoms with Crippen LogP contribution < -0.4 is 15.8 Å². The van der Waals surface area contributed by atoms with Crippen LogP contribution in [0.4, 0.5) is 0 Å². The summed E-state index contributed by atoms with van der Waals surface area (Å²) >= 11 is 0. The second-order valence-electron chi connectivity index (χ2n) is 7.56. The molecule has 28 heavy (non-hydrogen) atoms. The van der Waals surface area contributed by atoms with Crippen molar-refractivity contribution < 1.29 is 4.74 Å². The van der Waals surface area contributed by atoms with Gasteiger partial charge in [0.05, 0.1) is 0 Å². The van der Waals surface area contributed by atoms with E-state index in [0.29, 0.717) is 6.10 Å². The zero-order valence-electron chi connectivity index (χ0n) is 16.3. The maximum atomic E-state index is 7.85. The van der Waals surface area contributed by atoms with Gasteiger partial charge in [-0.05, 0) is 78.9 Å². The third-order valence-electron chi connectivity index (χ3n) is 5.59. The SMILES string of the molecule is Cc1ccc(OC2CCNCC2)cc1Cc1ccc(C(=N)N)c2ccccc12. The number of nitrogens with one attached hydrogen (secondary N) is 2. The van der Waals surface area contributed by atoms with Crippen molar-refractivity contribution in [2.75, 3.05) is 13.1 Å². The molecule has 4 heteroatoms. The van der Waals surface area contributed by atoms with Crippen molar-refractivity contribution in [3.63, 3.8) is 0 Å². The lowest BCUT2D eigenvalue weighted by Crippen LogP contribution is -2.34. The van der Waals surface area contributed by atoms with Crippen molar-refractivity contribution in [2.45, 2.75) is 32.3 Å². The van der Waals surface area contributed by atoms with Crippen molar-refractivity contribution in [1.82, 2.24) is 5.32 Å². The highest BCUT2D eigenvalue weighted by Gasteiger charge is 2.15. The first-order valence-corrected chi connectivity index (χ1v) is 9.94. The lowest BCUT2D eigenvalue weighted by Gasteiger charge is -2.24. The monoisotopic (exact) mass is 373 g/mol. The smallest absolute Gasteiger partial charge is 0.123 e. The zero-order chi connectivity index (χ0) is 19.5. The Morgan fingerprint density at radius 1 is 1.04 bits per heavy atom. The molecule has 0 atom stereocenters. The molecule has 1 fully saturated rings. The molecule has 144 valence electrons. The largest absolute Gasteiger partial charge is 0.490 e. The highest BCUT2D eigenvalue weighted by Crippen LogP contribution is 2.28. The molecule has 0 aromatic heterocycles. The van der Waals surface area contributed by atoms with Crippen LogP contribution in [0, 0.1) is 12.3 Å².